The van der Waals surface area contributed by atoms with Crippen molar-refractivity contribution in [2.45, 2.75) is 19.5 Å². The number of aromatic nitrogens is 1. The van der Waals surface area contributed by atoms with E-state index in [4.69, 9.17) is 0 Å². The highest BCUT2D eigenvalue weighted by molar-refractivity contribution is 5.77. The molecule has 0 saturated heterocycles. The fraction of sp³-hybridized carbons (Fsp3) is 0.222. The number of amides is 1. The Morgan fingerprint density at radius 1 is 1.27 bits per heavy atom. The third-order valence-corrected chi connectivity index (χ3v) is 3.30. The number of nitrogens with zero attached hydrogens (tertiary/aromatic N) is 2. The molecule has 22 heavy (non-hydrogen) atoms. The standard InChI is InChI=1S/C18H21N3O/c1-3-8-17(22)20-13-16-11-7-12-19-18(16)21(2)14-15-9-5-4-6-10-15/h3-7,9-12H,1,8,13-14H2,2H3,(H,20,22). The van der Waals surface area contributed by atoms with Crippen LogP contribution >= 0.6 is 0 Å². The van der Waals surface area contributed by atoms with E-state index >= 15 is 0 Å². The van der Waals surface area contributed by atoms with Crippen LogP contribution in [0.15, 0.2) is 61.3 Å². The molecule has 1 aromatic carbocycles. The lowest BCUT2D eigenvalue weighted by molar-refractivity contribution is -0.120. The van der Waals surface area contributed by atoms with Crippen molar-refractivity contribution < 1.29 is 4.79 Å². The van der Waals surface area contributed by atoms with Gasteiger partial charge in [0.15, 0.2) is 0 Å². The van der Waals surface area contributed by atoms with Gasteiger partial charge in [-0.05, 0) is 11.6 Å². The summed E-state index contributed by atoms with van der Waals surface area (Å²) in [5, 5.41) is 2.88. The van der Waals surface area contributed by atoms with Gasteiger partial charge in [-0.25, -0.2) is 4.98 Å². The molecule has 0 bridgehead atoms. The van der Waals surface area contributed by atoms with Gasteiger partial charge in [-0.1, -0.05) is 42.5 Å². The van der Waals surface area contributed by atoms with E-state index in [1.54, 1.807) is 12.3 Å². The van der Waals surface area contributed by atoms with Crippen LogP contribution in [-0.2, 0) is 17.9 Å². The van der Waals surface area contributed by atoms with Gasteiger partial charge in [-0.15, -0.1) is 6.58 Å². The third-order valence-electron chi connectivity index (χ3n) is 3.30. The Hall–Kier alpha value is -2.62. The quantitative estimate of drug-likeness (QED) is 0.799. The van der Waals surface area contributed by atoms with Crippen molar-refractivity contribution in [3.8, 4) is 0 Å². The summed E-state index contributed by atoms with van der Waals surface area (Å²) in [7, 11) is 2.00. The predicted octanol–water partition coefficient (Wildman–Crippen LogP) is 2.91. The smallest absolute Gasteiger partial charge is 0.224 e. The third kappa shape index (κ3) is 4.45. The topological polar surface area (TPSA) is 45.2 Å². The van der Waals surface area contributed by atoms with E-state index in [1.807, 2.05) is 37.4 Å². The first-order valence-electron chi connectivity index (χ1n) is 7.27. The fourth-order valence-electron chi connectivity index (χ4n) is 2.24. The number of hydrogen-bond donors (Lipinski definition) is 1. The first kappa shape index (κ1) is 15.8. The maximum absolute atomic E-state index is 11.6. The van der Waals surface area contributed by atoms with Crippen LogP contribution in [0.1, 0.15) is 17.5 Å². The molecule has 2 rings (SSSR count). The minimum absolute atomic E-state index is 0.0319. The summed E-state index contributed by atoms with van der Waals surface area (Å²) in [4.78, 5) is 18.1. The largest absolute Gasteiger partial charge is 0.355 e. The van der Waals surface area contributed by atoms with Gasteiger partial charge >= 0.3 is 0 Å². The minimum atomic E-state index is -0.0319. The number of benzene rings is 1. The Morgan fingerprint density at radius 2 is 2.05 bits per heavy atom. The molecule has 1 aromatic heterocycles. The van der Waals surface area contributed by atoms with Crippen LogP contribution in [0, 0.1) is 0 Å². The number of rotatable bonds is 7. The first-order chi connectivity index (χ1) is 10.7. The molecule has 0 spiro atoms. The van der Waals surface area contributed by atoms with Crippen molar-refractivity contribution in [3.05, 3.63) is 72.4 Å². The van der Waals surface area contributed by atoms with E-state index in [9.17, 15) is 4.79 Å². The van der Waals surface area contributed by atoms with Gasteiger partial charge < -0.3 is 10.2 Å². The monoisotopic (exact) mass is 295 g/mol. The first-order valence-corrected chi connectivity index (χ1v) is 7.27. The number of pyridine rings is 1. The number of hydrogen-bond acceptors (Lipinski definition) is 3. The zero-order valence-corrected chi connectivity index (χ0v) is 12.8. The molecule has 0 aliphatic rings. The molecule has 4 nitrogen and oxygen atoms in total. The highest BCUT2D eigenvalue weighted by Crippen LogP contribution is 2.18. The van der Waals surface area contributed by atoms with Crippen LogP contribution < -0.4 is 10.2 Å². The molecule has 1 heterocycles. The maximum atomic E-state index is 11.6. The Balaban J connectivity index is 2.06. The van der Waals surface area contributed by atoms with E-state index in [0.29, 0.717) is 13.0 Å². The van der Waals surface area contributed by atoms with Gasteiger partial charge in [-0.3, -0.25) is 4.79 Å². The lowest BCUT2D eigenvalue weighted by atomic mass is 10.2. The number of carbonyl (C=O) groups excluding carboxylic acids is 1. The summed E-state index contributed by atoms with van der Waals surface area (Å²) in [6.07, 6.45) is 3.70. The second-order valence-corrected chi connectivity index (χ2v) is 5.10. The van der Waals surface area contributed by atoms with Crippen molar-refractivity contribution in [1.82, 2.24) is 10.3 Å². The zero-order valence-electron chi connectivity index (χ0n) is 12.8. The summed E-state index contributed by atoms with van der Waals surface area (Å²) in [6, 6.07) is 14.1. The summed E-state index contributed by atoms with van der Waals surface area (Å²) in [5.74, 6) is 0.848. The van der Waals surface area contributed by atoms with Crippen molar-refractivity contribution >= 4 is 11.7 Å². The van der Waals surface area contributed by atoms with Crippen LogP contribution in [0.3, 0.4) is 0 Å². The molecule has 0 saturated carbocycles. The molecule has 0 aliphatic carbocycles. The van der Waals surface area contributed by atoms with E-state index in [0.717, 1.165) is 17.9 Å². The molecule has 4 heteroatoms. The van der Waals surface area contributed by atoms with E-state index in [2.05, 4.69) is 33.9 Å². The molecule has 0 radical (unpaired) electrons. The Morgan fingerprint density at radius 3 is 2.77 bits per heavy atom. The van der Waals surface area contributed by atoms with Gasteiger partial charge in [0.1, 0.15) is 5.82 Å². The summed E-state index contributed by atoms with van der Waals surface area (Å²) < 4.78 is 0. The number of anilines is 1. The SMILES string of the molecule is C=CCC(=O)NCc1cccnc1N(C)Cc1ccccc1. The van der Waals surface area contributed by atoms with Crippen molar-refractivity contribution in [1.29, 1.82) is 0 Å². The van der Waals surface area contributed by atoms with Crippen LogP contribution in [0.25, 0.3) is 0 Å². The number of nitrogens with one attached hydrogen (secondary N) is 1. The molecule has 1 N–H and O–H groups in total. The van der Waals surface area contributed by atoms with E-state index in [1.165, 1.54) is 5.56 Å². The molecule has 2 aromatic rings. The van der Waals surface area contributed by atoms with Crippen LogP contribution in [0.2, 0.25) is 0 Å². The van der Waals surface area contributed by atoms with Gasteiger partial charge in [0.05, 0.1) is 0 Å². The number of carbonyl (C=O) groups is 1. The van der Waals surface area contributed by atoms with Gasteiger partial charge in [0.25, 0.3) is 0 Å². The highest BCUT2D eigenvalue weighted by atomic mass is 16.1. The van der Waals surface area contributed by atoms with Crippen LogP contribution in [0.4, 0.5) is 5.82 Å². The zero-order chi connectivity index (χ0) is 15.8. The minimum Gasteiger partial charge on any atom is -0.355 e. The molecule has 0 unspecified atom stereocenters. The van der Waals surface area contributed by atoms with E-state index in [-0.39, 0.29) is 5.91 Å². The Bertz CT molecular complexity index is 625. The summed E-state index contributed by atoms with van der Waals surface area (Å²) >= 11 is 0. The summed E-state index contributed by atoms with van der Waals surface area (Å²) in [5.41, 5.74) is 2.22. The lowest BCUT2D eigenvalue weighted by Gasteiger charge is -2.21. The molecule has 0 atom stereocenters. The van der Waals surface area contributed by atoms with Crippen molar-refractivity contribution in [3.63, 3.8) is 0 Å². The second-order valence-electron chi connectivity index (χ2n) is 5.10. The Kier molecular flexibility index (Phi) is 5.72. The van der Waals surface area contributed by atoms with E-state index < -0.39 is 0 Å². The maximum Gasteiger partial charge on any atom is 0.224 e. The second kappa shape index (κ2) is 7.98. The lowest BCUT2D eigenvalue weighted by Crippen LogP contribution is -2.25. The van der Waals surface area contributed by atoms with Crippen molar-refractivity contribution in [2.24, 2.45) is 0 Å². The highest BCUT2D eigenvalue weighted by Gasteiger charge is 2.10. The molecule has 0 fully saturated rings. The molecule has 114 valence electrons. The van der Waals surface area contributed by atoms with Crippen LogP contribution in [-0.4, -0.2) is 17.9 Å². The average Bonchev–Trinajstić information content (AvgIpc) is 2.54. The van der Waals surface area contributed by atoms with Crippen LogP contribution in [0.5, 0.6) is 0 Å². The van der Waals surface area contributed by atoms with Gasteiger partial charge in [0.2, 0.25) is 5.91 Å². The van der Waals surface area contributed by atoms with Gasteiger partial charge in [0, 0.05) is 38.3 Å². The Labute approximate surface area is 131 Å². The fourth-order valence-corrected chi connectivity index (χ4v) is 2.24. The molecule has 1 amide bonds. The molecular formula is C18H21N3O. The average molecular weight is 295 g/mol. The molecule has 0 aliphatic heterocycles. The predicted molar refractivity (Wildman–Crippen MR) is 89.4 cm³/mol. The summed E-state index contributed by atoms with van der Waals surface area (Å²) in [6.45, 7) is 4.80. The molecular weight excluding hydrogens is 274 g/mol. The van der Waals surface area contributed by atoms with Gasteiger partial charge in [-0.2, -0.15) is 0 Å². The normalized spacial score (nSPS) is 10.0. The van der Waals surface area contributed by atoms with Crippen molar-refractivity contribution in [2.75, 3.05) is 11.9 Å².